The number of benzene rings is 1. The molecule has 0 spiro atoms. The molecule has 1 fully saturated rings. The highest BCUT2D eigenvalue weighted by Crippen LogP contribution is 2.39. The summed E-state index contributed by atoms with van der Waals surface area (Å²) in [6.45, 7) is 0. The molecule has 1 aromatic rings. The summed E-state index contributed by atoms with van der Waals surface area (Å²) in [4.78, 5) is 29.4. The molecular formula is C14H16BrNO5. The molecule has 0 aliphatic carbocycles. The van der Waals surface area contributed by atoms with Crippen molar-refractivity contribution in [3.63, 3.8) is 0 Å². The lowest BCUT2D eigenvalue weighted by atomic mass is 9.89. The predicted molar refractivity (Wildman–Crippen MR) is 77.0 cm³/mol. The van der Waals surface area contributed by atoms with Gasteiger partial charge in [0.05, 0.1) is 20.3 Å². The smallest absolute Gasteiger partial charge is 0.338 e. The summed E-state index contributed by atoms with van der Waals surface area (Å²) in [7, 11) is 4.21. The molecule has 0 radical (unpaired) electrons. The number of hydrogen-bond donors (Lipinski definition) is 0. The van der Waals surface area contributed by atoms with Gasteiger partial charge in [0.1, 0.15) is 5.92 Å². The van der Waals surface area contributed by atoms with Gasteiger partial charge in [-0.25, -0.2) is 4.79 Å². The maximum Gasteiger partial charge on any atom is 0.338 e. The van der Waals surface area contributed by atoms with E-state index >= 15 is 0 Å². The van der Waals surface area contributed by atoms with Gasteiger partial charge in [-0.3, -0.25) is 9.63 Å². The fraction of sp³-hybridized carbons (Fsp3) is 0.429. The van der Waals surface area contributed by atoms with E-state index in [1.165, 1.54) is 19.3 Å². The van der Waals surface area contributed by atoms with Crippen LogP contribution in [0.4, 0.5) is 0 Å². The summed E-state index contributed by atoms with van der Waals surface area (Å²) in [5.74, 6) is -1.90. The average Bonchev–Trinajstić information content (AvgIpc) is 2.84. The minimum Gasteiger partial charge on any atom is -0.469 e. The molecule has 0 N–H and O–H groups in total. The van der Waals surface area contributed by atoms with Crippen LogP contribution in [0.15, 0.2) is 28.7 Å². The fourth-order valence-electron chi connectivity index (χ4n) is 2.47. The zero-order valence-electron chi connectivity index (χ0n) is 11.9. The number of hydrogen-bond acceptors (Lipinski definition) is 6. The molecule has 0 unspecified atom stereocenters. The highest BCUT2D eigenvalue weighted by molar-refractivity contribution is 9.10. The van der Waals surface area contributed by atoms with Crippen LogP contribution in [-0.2, 0) is 23.9 Å². The van der Waals surface area contributed by atoms with Crippen LogP contribution in [0.2, 0.25) is 0 Å². The quantitative estimate of drug-likeness (QED) is 0.767. The third-order valence-corrected chi connectivity index (χ3v) is 3.98. The second-order valence-corrected chi connectivity index (χ2v) is 5.56. The lowest BCUT2D eigenvalue weighted by Gasteiger charge is -2.21. The summed E-state index contributed by atoms with van der Waals surface area (Å²) in [5.41, 5.74) is 0.850. The van der Waals surface area contributed by atoms with Crippen LogP contribution in [-0.4, -0.2) is 44.4 Å². The summed E-state index contributed by atoms with van der Waals surface area (Å²) in [5, 5.41) is 1.49. The monoisotopic (exact) mass is 357 g/mol. The van der Waals surface area contributed by atoms with E-state index in [2.05, 4.69) is 15.9 Å². The van der Waals surface area contributed by atoms with Gasteiger partial charge in [0.2, 0.25) is 0 Å². The topological polar surface area (TPSA) is 65.1 Å². The van der Waals surface area contributed by atoms with Crippen molar-refractivity contribution in [1.82, 2.24) is 5.06 Å². The molecule has 21 heavy (non-hydrogen) atoms. The minimum atomic E-state index is -1.01. The number of carbonyl (C=O) groups excluding carboxylic acids is 2. The molecule has 0 saturated carbocycles. The summed E-state index contributed by atoms with van der Waals surface area (Å²) >= 11 is 3.36. The largest absolute Gasteiger partial charge is 0.469 e. The third kappa shape index (κ3) is 3.09. The van der Waals surface area contributed by atoms with E-state index < -0.39 is 30.0 Å². The molecule has 0 bridgehead atoms. The highest BCUT2D eigenvalue weighted by Gasteiger charge is 2.51. The van der Waals surface area contributed by atoms with E-state index in [0.717, 1.165) is 10.0 Å². The van der Waals surface area contributed by atoms with E-state index in [0.29, 0.717) is 0 Å². The lowest BCUT2D eigenvalue weighted by Crippen LogP contribution is -2.35. The number of nitrogens with zero attached hydrogens (tertiary/aromatic N) is 1. The Labute approximate surface area is 131 Å². The maximum absolute atomic E-state index is 12.1. The second-order valence-electron chi connectivity index (χ2n) is 4.64. The maximum atomic E-state index is 12.1. The second kappa shape index (κ2) is 6.55. The standard InChI is InChI=1S/C14H16BrNO5/c1-16-11(8-4-6-9(15)7-5-8)10(13(17)19-2)12(21-16)14(18)20-3/h4-7,10-12H,1-3H3/t10-,11-,12+/m1/s1. The Kier molecular flexibility index (Phi) is 4.97. The van der Waals surface area contributed by atoms with Crippen molar-refractivity contribution >= 4 is 27.9 Å². The molecule has 6 nitrogen and oxygen atoms in total. The first-order valence-electron chi connectivity index (χ1n) is 6.30. The molecule has 1 saturated heterocycles. The summed E-state index contributed by atoms with van der Waals surface area (Å²) in [6.07, 6.45) is -1.01. The first-order valence-corrected chi connectivity index (χ1v) is 7.09. The number of hydroxylamine groups is 2. The van der Waals surface area contributed by atoms with Crippen molar-refractivity contribution in [2.24, 2.45) is 5.92 Å². The van der Waals surface area contributed by atoms with E-state index in [4.69, 9.17) is 14.3 Å². The van der Waals surface area contributed by atoms with Gasteiger partial charge in [-0.15, -0.1) is 0 Å². The van der Waals surface area contributed by atoms with Crippen LogP contribution in [0, 0.1) is 5.92 Å². The first kappa shape index (κ1) is 15.9. The average molecular weight is 358 g/mol. The van der Waals surface area contributed by atoms with Crippen molar-refractivity contribution in [2.75, 3.05) is 21.3 Å². The molecular weight excluding hydrogens is 342 g/mol. The lowest BCUT2D eigenvalue weighted by molar-refractivity contribution is -0.182. The Bertz CT molecular complexity index is 533. The molecule has 1 aliphatic heterocycles. The van der Waals surface area contributed by atoms with Gasteiger partial charge in [0.25, 0.3) is 0 Å². The van der Waals surface area contributed by atoms with Crippen molar-refractivity contribution in [1.29, 1.82) is 0 Å². The molecule has 114 valence electrons. The van der Waals surface area contributed by atoms with Crippen molar-refractivity contribution in [3.8, 4) is 0 Å². The molecule has 3 atom stereocenters. The van der Waals surface area contributed by atoms with Crippen LogP contribution in [0.5, 0.6) is 0 Å². The van der Waals surface area contributed by atoms with Gasteiger partial charge in [0, 0.05) is 11.5 Å². The molecule has 2 rings (SSSR count). The van der Waals surface area contributed by atoms with Crippen LogP contribution >= 0.6 is 15.9 Å². The molecule has 0 amide bonds. The number of methoxy groups -OCH3 is 2. The van der Waals surface area contributed by atoms with Crippen LogP contribution in [0.3, 0.4) is 0 Å². The fourth-order valence-corrected chi connectivity index (χ4v) is 2.74. The van der Waals surface area contributed by atoms with E-state index in [-0.39, 0.29) is 0 Å². The highest BCUT2D eigenvalue weighted by atomic mass is 79.9. The number of halogens is 1. The first-order chi connectivity index (χ1) is 9.99. The third-order valence-electron chi connectivity index (χ3n) is 3.46. The summed E-state index contributed by atoms with van der Waals surface area (Å²) < 4.78 is 10.4. The van der Waals surface area contributed by atoms with Gasteiger partial charge in [0.15, 0.2) is 6.10 Å². The van der Waals surface area contributed by atoms with E-state index in [1.807, 2.05) is 24.3 Å². The van der Waals surface area contributed by atoms with Gasteiger partial charge in [-0.2, -0.15) is 5.06 Å². The zero-order valence-corrected chi connectivity index (χ0v) is 13.5. The number of ether oxygens (including phenoxy) is 2. The minimum absolute atomic E-state index is 0.422. The molecule has 1 aromatic carbocycles. The Morgan fingerprint density at radius 3 is 2.24 bits per heavy atom. The van der Waals surface area contributed by atoms with Gasteiger partial charge in [-0.05, 0) is 17.7 Å². The van der Waals surface area contributed by atoms with Crippen LogP contribution in [0.25, 0.3) is 0 Å². The zero-order chi connectivity index (χ0) is 15.6. The number of carbonyl (C=O) groups is 2. The van der Waals surface area contributed by atoms with Gasteiger partial charge in [-0.1, -0.05) is 28.1 Å². The Balaban J connectivity index is 2.39. The summed E-state index contributed by atoms with van der Waals surface area (Å²) in [6, 6.07) is 7.04. The Morgan fingerprint density at radius 1 is 1.14 bits per heavy atom. The Hall–Kier alpha value is -1.44. The van der Waals surface area contributed by atoms with E-state index in [1.54, 1.807) is 7.05 Å². The van der Waals surface area contributed by atoms with Crippen LogP contribution < -0.4 is 0 Å². The van der Waals surface area contributed by atoms with Crippen molar-refractivity contribution in [3.05, 3.63) is 34.3 Å². The molecule has 1 heterocycles. The van der Waals surface area contributed by atoms with Gasteiger partial charge >= 0.3 is 11.9 Å². The van der Waals surface area contributed by atoms with Crippen LogP contribution in [0.1, 0.15) is 11.6 Å². The molecule has 7 heteroatoms. The SMILES string of the molecule is COC(=O)[C@H]1[C@@H](C(=O)OC)ON(C)[C@@H]1c1ccc(Br)cc1. The molecule has 0 aromatic heterocycles. The predicted octanol–water partition coefficient (Wildman–Crippen LogP) is 1.70. The Morgan fingerprint density at radius 2 is 1.71 bits per heavy atom. The molecule has 1 aliphatic rings. The van der Waals surface area contributed by atoms with Gasteiger partial charge < -0.3 is 9.47 Å². The number of rotatable bonds is 3. The normalized spacial score (nSPS) is 25.6. The van der Waals surface area contributed by atoms with Crippen molar-refractivity contribution < 1.29 is 23.9 Å². The van der Waals surface area contributed by atoms with Crippen molar-refractivity contribution in [2.45, 2.75) is 12.1 Å². The number of esters is 2. The van der Waals surface area contributed by atoms with E-state index in [9.17, 15) is 9.59 Å².